The molecule has 0 bridgehead atoms. The van der Waals surface area contributed by atoms with Crippen LogP contribution < -0.4 is 15.2 Å². The maximum absolute atomic E-state index is 6.17. The quantitative estimate of drug-likeness (QED) is 0.772. The van der Waals surface area contributed by atoms with Gasteiger partial charge >= 0.3 is 0 Å². The molecule has 0 heterocycles. The Morgan fingerprint density at radius 2 is 1.74 bits per heavy atom. The molecule has 0 radical (unpaired) electrons. The molecule has 0 spiro atoms. The van der Waals surface area contributed by atoms with Gasteiger partial charge in [-0.15, -0.1) is 0 Å². The van der Waals surface area contributed by atoms with Crippen molar-refractivity contribution in [2.75, 3.05) is 6.61 Å². The summed E-state index contributed by atoms with van der Waals surface area (Å²) in [4.78, 5) is 0. The number of hydrogen-bond donors (Lipinski definition) is 1. The molecule has 0 aliphatic heterocycles. The molecular weight excluding hydrogens is 333 g/mol. The van der Waals surface area contributed by atoms with Gasteiger partial charge in [0.15, 0.2) is 11.5 Å². The zero-order valence-electron chi connectivity index (χ0n) is 13.3. The van der Waals surface area contributed by atoms with Crippen molar-refractivity contribution < 1.29 is 9.47 Å². The third-order valence-corrected chi connectivity index (χ3v) is 4.01. The molecule has 23 heavy (non-hydrogen) atoms. The summed E-state index contributed by atoms with van der Waals surface area (Å²) in [5.74, 6) is 1.37. The molecule has 0 aliphatic carbocycles. The number of ether oxygens (including phenoxy) is 2. The highest BCUT2D eigenvalue weighted by atomic mass is 35.5. The lowest BCUT2D eigenvalue weighted by atomic mass is 10.1. The van der Waals surface area contributed by atoms with Crippen LogP contribution in [0.4, 0.5) is 0 Å². The third kappa shape index (κ3) is 5.03. The van der Waals surface area contributed by atoms with Crippen molar-refractivity contribution in [2.24, 2.45) is 5.73 Å². The summed E-state index contributed by atoms with van der Waals surface area (Å²) in [6, 6.07) is 11.3. The van der Waals surface area contributed by atoms with Crippen molar-refractivity contribution in [1.29, 1.82) is 0 Å². The van der Waals surface area contributed by atoms with E-state index in [1.165, 1.54) is 0 Å². The van der Waals surface area contributed by atoms with Crippen LogP contribution in [0.2, 0.25) is 10.0 Å². The van der Waals surface area contributed by atoms with Crippen molar-refractivity contribution in [2.45, 2.75) is 32.9 Å². The van der Waals surface area contributed by atoms with Gasteiger partial charge in [0, 0.05) is 21.7 Å². The first kappa shape index (κ1) is 17.9. The van der Waals surface area contributed by atoms with Crippen LogP contribution in [0.3, 0.4) is 0 Å². The van der Waals surface area contributed by atoms with Gasteiger partial charge in [-0.3, -0.25) is 0 Å². The summed E-state index contributed by atoms with van der Waals surface area (Å²) >= 11 is 12.3. The molecule has 0 amide bonds. The molecule has 2 N–H and O–H groups in total. The van der Waals surface area contributed by atoms with Gasteiger partial charge in [-0.1, -0.05) is 35.3 Å². The first-order valence-corrected chi connectivity index (χ1v) is 8.33. The third-order valence-electron chi connectivity index (χ3n) is 3.30. The van der Waals surface area contributed by atoms with Crippen molar-refractivity contribution in [3.05, 3.63) is 57.6 Å². The predicted molar refractivity (Wildman–Crippen MR) is 95.8 cm³/mol. The number of nitrogens with two attached hydrogens (primary N) is 1. The Morgan fingerprint density at radius 1 is 1.04 bits per heavy atom. The maximum atomic E-state index is 6.17. The summed E-state index contributed by atoms with van der Waals surface area (Å²) in [5, 5.41) is 1.17. The van der Waals surface area contributed by atoms with E-state index in [0.717, 1.165) is 17.5 Å². The summed E-state index contributed by atoms with van der Waals surface area (Å²) < 4.78 is 11.5. The monoisotopic (exact) mass is 353 g/mol. The molecular formula is C18H21Cl2NO2. The zero-order chi connectivity index (χ0) is 16.8. The normalized spacial score (nSPS) is 12.0. The van der Waals surface area contributed by atoms with Gasteiger partial charge in [0.25, 0.3) is 0 Å². The van der Waals surface area contributed by atoms with Crippen LogP contribution in [0.15, 0.2) is 36.4 Å². The average molecular weight is 354 g/mol. The Bertz CT molecular complexity index is 639. The highest BCUT2D eigenvalue weighted by molar-refractivity contribution is 6.35. The fourth-order valence-corrected chi connectivity index (χ4v) is 2.77. The van der Waals surface area contributed by atoms with Gasteiger partial charge in [0.2, 0.25) is 0 Å². The molecule has 1 atom stereocenters. The van der Waals surface area contributed by atoms with Crippen LogP contribution in [0.5, 0.6) is 11.5 Å². The topological polar surface area (TPSA) is 44.5 Å². The molecule has 124 valence electrons. The zero-order valence-corrected chi connectivity index (χ0v) is 14.8. The number of halogens is 2. The van der Waals surface area contributed by atoms with Crippen molar-refractivity contribution in [3.8, 4) is 11.5 Å². The fourth-order valence-electron chi connectivity index (χ4n) is 2.26. The van der Waals surface area contributed by atoms with Gasteiger partial charge in [0.1, 0.15) is 6.61 Å². The van der Waals surface area contributed by atoms with Crippen LogP contribution in [0.1, 0.15) is 25.0 Å². The molecule has 0 fully saturated rings. The Morgan fingerprint density at radius 3 is 2.35 bits per heavy atom. The van der Waals surface area contributed by atoms with Gasteiger partial charge in [-0.2, -0.15) is 0 Å². The van der Waals surface area contributed by atoms with Gasteiger partial charge in [0.05, 0.1) is 6.61 Å². The summed E-state index contributed by atoms with van der Waals surface area (Å²) in [6.45, 7) is 4.76. The molecule has 5 heteroatoms. The van der Waals surface area contributed by atoms with Crippen LogP contribution >= 0.6 is 23.2 Å². The Labute approximate surface area is 147 Å². The second kappa shape index (κ2) is 8.44. The van der Waals surface area contributed by atoms with Crippen molar-refractivity contribution in [3.63, 3.8) is 0 Å². The SMILES string of the molecule is CCOc1cc(CC(C)N)ccc1OCc1c(Cl)cccc1Cl. The Balaban J connectivity index is 2.18. The largest absolute Gasteiger partial charge is 0.490 e. The van der Waals surface area contributed by atoms with E-state index >= 15 is 0 Å². The van der Waals surface area contributed by atoms with E-state index in [2.05, 4.69) is 0 Å². The molecule has 0 saturated heterocycles. The highest BCUT2D eigenvalue weighted by Gasteiger charge is 2.11. The minimum absolute atomic E-state index is 0.0955. The van der Waals surface area contributed by atoms with E-state index < -0.39 is 0 Å². The smallest absolute Gasteiger partial charge is 0.161 e. The van der Waals surface area contributed by atoms with E-state index in [1.807, 2.05) is 38.1 Å². The van der Waals surface area contributed by atoms with E-state index in [-0.39, 0.29) is 12.6 Å². The average Bonchev–Trinajstić information content (AvgIpc) is 2.48. The van der Waals surface area contributed by atoms with Gasteiger partial charge < -0.3 is 15.2 Å². The summed E-state index contributed by atoms with van der Waals surface area (Å²) in [6.07, 6.45) is 0.788. The molecule has 0 aliphatic rings. The highest BCUT2D eigenvalue weighted by Crippen LogP contribution is 2.32. The molecule has 2 aromatic carbocycles. The molecule has 3 nitrogen and oxygen atoms in total. The molecule has 0 aromatic heterocycles. The van der Waals surface area contributed by atoms with Gasteiger partial charge in [-0.05, 0) is 50.1 Å². The minimum atomic E-state index is 0.0955. The van der Waals surface area contributed by atoms with Gasteiger partial charge in [-0.25, -0.2) is 0 Å². The predicted octanol–water partition coefficient (Wildman–Crippen LogP) is 4.86. The fraction of sp³-hybridized carbons (Fsp3) is 0.333. The summed E-state index contributed by atoms with van der Waals surface area (Å²) in [5.41, 5.74) is 7.73. The number of hydrogen-bond acceptors (Lipinski definition) is 3. The molecule has 0 saturated carbocycles. The summed E-state index contributed by atoms with van der Waals surface area (Å²) in [7, 11) is 0. The standard InChI is InChI=1S/C18H21Cl2NO2/c1-3-22-18-10-13(9-12(2)21)7-8-17(18)23-11-14-15(19)5-4-6-16(14)20/h4-8,10,12H,3,9,11,21H2,1-2H3. The van der Waals surface area contributed by atoms with Crippen molar-refractivity contribution >= 4 is 23.2 Å². The minimum Gasteiger partial charge on any atom is -0.490 e. The van der Waals surface area contributed by atoms with Crippen LogP contribution in [-0.2, 0) is 13.0 Å². The molecule has 1 unspecified atom stereocenters. The van der Waals surface area contributed by atoms with Crippen LogP contribution in [-0.4, -0.2) is 12.6 Å². The second-order valence-corrected chi connectivity index (χ2v) is 6.20. The van der Waals surface area contributed by atoms with E-state index in [4.69, 9.17) is 38.4 Å². The lowest BCUT2D eigenvalue weighted by molar-refractivity contribution is 0.269. The second-order valence-electron chi connectivity index (χ2n) is 5.38. The van der Waals surface area contributed by atoms with E-state index in [0.29, 0.717) is 28.2 Å². The first-order valence-electron chi connectivity index (χ1n) is 7.58. The number of rotatable bonds is 7. The van der Waals surface area contributed by atoms with Crippen LogP contribution in [0.25, 0.3) is 0 Å². The lowest BCUT2D eigenvalue weighted by Gasteiger charge is -2.15. The number of benzene rings is 2. The molecule has 2 rings (SSSR count). The van der Waals surface area contributed by atoms with E-state index in [1.54, 1.807) is 12.1 Å². The Kier molecular flexibility index (Phi) is 6.58. The van der Waals surface area contributed by atoms with E-state index in [9.17, 15) is 0 Å². The first-order chi connectivity index (χ1) is 11.0. The van der Waals surface area contributed by atoms with Crippen molar-refractivity contribution in [1.82, 2.24) is 0 Å². The maximum Gasteiger partial charge on any atom is 0.161 e. The van der Waals surface area contributed by atoms with Crippen LogP contribution in [0, 0.1) is 0 Å². The lowest BCUT2D eigenvalue weighted by Crippen LogP contribution is -2.17. The molecule has 2 aromatic rings. The Hall–Kier alpha value is -1.42.